The van der Waals surface area contributed by atoms with Gasteiger partial charge in [-0.05, 0) is 26.0 Å². The van der Waals surface area contributed by atoms with E-state index in [1.165, 1.54) is 11.8 Å². The van der Waals surface area contributed by atoms with Gasteiger partial charge in [-0.15, -0.1) is 21.5 Å². The minimum Gasteiger partial charge on any atom is -0.450 e. The van der Waals surface area contributed by atoms with Crippen LogP contribution in [0.2, 0.25) is 0 Å². The predicted octanol–water partition coefficient (Wildman–Crippen LogP) is 3.97. The van der Waals surface area contributed by atoms with Crippen molar-refractivity contribution >= 4 is 35.1 Å². The summed E-state index contributed by atoms with van der Waals surface area (Å²) in [6.07, 6.45) is -0.318. The molecule has 0 unspecified atom stereocenters. The van der Waals surface area contributed by atoms with Gasteiger partial charge in [0.1, 0.15) is 15.7 Å². The van der Waals surface area contributed by atoms with Crippen molar-refractivity contribution in [3.05, 3.63) is 48.2 Å². The maximum Gasteiger partial charge on any atom is 0.409 e. The number of amides is 2. The number of thiazole rings is 1. The molecule has 172 valence electrons. The molecule has 1 aliphatic rings. The summed E-state index contributed by atoms with van der Waals surface area (Å²) in [7, 11) is 0. The van der Waals surface area contributed by atoms with Gasteiger partial charge in [0.25, 0.3) is 0 Å². The molecule has 0 aliphatic carbocycles. The summed E-state index contributed by atoms with van der Waals surface area (Å²) in [4.78, 5) is 33.4. The highest BCUT2D eigenvalue weighted by Gasteiger charge is 2.24. The van der Waals surface area contributed by atoms with Gasteiger partial charge in [-0.25, -0.2) is 9.78 Å². The third kappa shape index (κ3) is 5.69. The molecule has 1 saturated heterocycles. The first kappa shape index (κ1) is 23.2. The average molecular weight is 484 g/mol. The number of rotatable bonds is 6. The molecular formula is C23H25N5O3S2. The van der Waals surface area contributed by atoms with Gasteiger partial charge >= 0.3 is 6.09 Å². The Balaban J connectivity index is 1.31. The van der Waals surface area contributed by atoms with Crippen molar-refractivity contribution in [3.63, 3.8) is 0 Å². The van der Waals surface area contributed by atoms with Crippen LogP contribution < -0.4 is 0 Å². The predicted molar refractivity (Wildman–Crippen MR) is 129 cm³/mol. The zero-order valence-electron chi connectivity index (χ0n) is 18.6. The van der Waals surface area contributed by atoms with E-state index < -0.39 is 0 Å². The van der Waals surface area contributed by atoms with E-state index >= 15 is 0 Å². The van der Waals surface area contributed by atoms with Crippen LogP contribution in [0.1, 0.15) is 12.6 Å². The van der Waals surface area contributed by atoms with Crippen LogP contribution in [0.5, 0.6) is 0 Å². The third-order valence-corrected chi connectivity index (χ3v) is 7.33. The molecule has 2 aromatic heterocycles. The molecule has 1 aromatic carbocycles. The Morgan fingerprint density at radius 3 is 2.42 bits per heavy atom. The van der Waals surface area contributed by atoms with E-state index in [9.17, 15) is 9.59 Å². The quantitative estimate of drug-likeness (QED) is 0.490. The van der Waals surface area contributed by atoms with Crippen LogP contribution in [0, 0.1) is 6.92 Å². The van der Waals surface area contributed by atoms with Crippen LogP contribution in [-0.4, -0.2) is 75.5 Å². The number of aryl methyl sites for hydroxylation is 1. The molecule has 0 bridgehead atoms. The van der Waals surface area contributed by atoms with Crippen LogP contribution in [-0.2, 0) is 9.53 Å². The maximum absolute atomic E-state index is 12.6. The first-order valence-corrected chi connectivity index (χ1v) is 12.5. The number of carbonyl (C=O) groups excluding carboxylic acids is 2. The lowest BCUT2D eigenvalue weighted by atomic mass is 10.2. The number of hydrogen-bond donors (Lipinski definition) is 0. The number of thioether (sulfide) groups is 1. The number of hydrogen-bond acceptors (Lipinski definition) is 8. The van der Waals surface area contributed by atoms with Crippen molar-refractivity contribution in [3.8, 4) is 21.1 Å². The molecule has 33 heavy (non-hydrogen) atoms. The van der Waals surface area contributed by atoms with E-state index in [0.717, 1.165) is 26.8 Å². The third-order valence-electron chi connectivity index (χ3n) is 5.19. The van der Waals surface area contributed by atoms with Gasteiger partial charge in [0, 0.05) is 31.7 Å². The fraction of sp³-hybridized carbons (Fsp3) is 0.348. The van der Waals surface area contributed by atoms with E-state index in [1.807, 2.05) is 49.4 Å². The Labute approximate surface area is 201 Å². The molecule has 0 atom stereocenters. The average Bonchev–Trinajstić information content (AvgIpc) is 3.25. The van der Waals surface area contributed by atoms with Crippen molar-refractivity contribution in [2.45, 2.75) is 18.9 Å². The van der Waals surface area contributed by atoms with Crippen LogP contribution in [0.15, 0.2) is 47.5 Å². The molecule has 0 radical (unpaired) electrons. The Hall–Kier alpha value is -2.98. The van der Waals surface area contributed by atoms with Gasteiger partial charge in [-0.1, -0.05) is 42.1 Å². The summed E-state index contributed by atoms with van der Waals surface area (Å²) in [5, 5.41) is 10.3. The van der Waals surface area contributed by atoms with E-state index in [1.54, 1.807) is 28.1 Å². The Morgan fingerprint density at radius 1 is 1.03 bits per heavy atom. The van der Waals surface area contributed by atoms with E-state index in [-0.39, 0.29) is 17.8 Å². The van der Waals surface area contributed by atoms with Crippen LogP contribution >= 0.6 is 23.1 Å². The summed E-state index contributed by atoms with van der Waals surface area (Å²) in [6.45, 7) is 6.11. The molecule has 4 rings (SSSR count). The maximum atomic E-state index is 12.6. The molecule has 0 saturated carbocycles. The second kappa shape index (κ2) is 10.8. The molecule has 2 amide bonds. The number of benzene rings is 1. The van der Waals surface area contributed by atoms with Gasteiger partial charge in [0.15, 0.2) is 0 Å². The van der Waals surface area contributed by atoms with E-state index in [4.69, 9.17) is 4.74 Å². The monoisotopic (exact) mass is 483 g/mol. The second-order valence-corrected chi connectivity index (χ2v) is 9.41. The Morgan fingerprint density at radius 2 is 1.76 bits per heavy atom. The van der Waals surface area contributed by atoms with Crippen molar-refractivity contribution in [2.24, 2.45) is 0 Å². The Kier molecular flexibility index (Phi) is 7.56. The van der Waals surface area contributed by atoms with E-state index in [0.29, 0.717) is 37.8 Å². The number of carbonyl (C=O) groups is 2. The number of piperazine rings is 1. The number of nitrogens with zero attached hydrogens (tertiary/aromatic N) is 5. The number of aromatic nitrogens is 3. The van der Waals surface area contributed by atoms with Gasteiger partial charge in [0.05, 0.1) is 22.9 Å². The van der Waals surface area contributed by atoms with Crippen LogP contribution in [0.3, 0.4) is 0 Å². The first-order valence-electron chi connectivity index (χ1n) is 10.7. The first-order chi connectivity index (χ1) is 16.0. The minimum absolute atomic E-state index is 0.0280. The molecule has 0 N–H and O–H groups in total. The van der Waals surface area contributed by atoms with Gasteiger partial charge in [-0.2, -0.15) is 0 Å². The highest BCUT2D eigenvalue weighted by atomic mass is 32.2. The van der Waals surface area contributed by atoms with Gasteiger partial charge in [0.2, 0.25) is 5.91 Å². The summed E-state index contributed by atoms with van der Waals surface area (Å²) in [6, 6.07) is 13.9. The molecule has 3 heterocycles. The lowest BCUT2D eigenvalue weighted by Gasteiger charge is -2.34. The Bertz CT molecular complexity index is 1100. The highest BCUT2D eigenvalue weighted by molar-refractivity contribution is 7.99. The number of ether oxygens (including phenoxy) is 1. The molecular weight excluding hydrogens is 458 g/mol. The zero-order valence-corrected chi connectivity index (χ0v) is 20.2. The molecule has 8 nitrogen and oxygen atoms in total. The molecule has 0 spiro atoms. The minimum atomic E-state index is -0.318. The second-order valence-electron chi connectivity index (χ2n) is 7.41. The normalized spacial score (nSPS) is 13.8. The zero-order chi connectivity index (χ0) is 23.2. The van der Waals surface area contributed by atoms with Gasteiger partial charge < -0.3 is 14.5 Å². The van der Waals surface area contributed by atoms with E-state index in [2.05, 4.69) is 15.2 Å². The smallest absolute Gasteiger partial charge is 0.409 e. The summed E-state index contributed by atoms with van der Waals surface area (Å²) >= 11 is 2.96. The van der Waals surface area contributed by atoms with Crippen LogP contribution in [0.4, 0.5) is 4.79 Å². The standard InChI is InChI=1S/C23H25N5O3S2/c1-3-31-23(30)28-13-11-27(12-14-28)20(29)15-32-19-10-9-18(25-26-19)21-16(2)24-22(33-21)17-7-5-4-6-8-17/h4-10H,3,11-15H2,1-2H3. The van der Waals surface area contributed by atoms with Crippen molar-refractivity contribution < 1.29 is 14.3 Å². The molecule has 3 aromatic rings. The molecule has 1 aliphatic heterocycles. The lowest BCUT2D eigenvalue weighted by molar-refractivity contribution is -0.129. The topological polar surface area (TPSA) is 88.5 Å². The largest absolute Gasteiger partial charge is 0.450 e. The van der Waals surface area contributed by atoms with Crippen molar-refractivity contribution in [2.75, 3.05) is 38.5 Å². The van der Waals surface area contributed by atoms with Gasteiger partial charge in [-0.3, -0.25) is 4.79 Å². The lowest BCUT2D eigenvalue weighted by Crippen LogP contribution is -2.51. The van der Waals surface area contributed by atoms with Crippen LogP contribution in [0.25, 0.3) is 21.1 Å². The summed E-state index contributed by atoms with van der Waals surface area (Å²) < 4.78 is 5.02. The fourth-order valence-electron chi connectivity index (χ4n) is 3.44. The van der Waals surface area contributed by atoms with Crippen molar-refractivity contribution in [1.29, 1.82) is 0 Å². The molecule has 1 fully saturated rings. The highest BCUT2D eigenvalue weighted by Crippen LogP contribution is 2.34. The molecule has 10 heteroatoms. The summed E-state index contributed by atoms with van der Waals surface area (Å²) in [5.41, 5.74) is 2.78. The fourth-order valence-corrected chi connectivity index (χ4v) is 5.19. The summed E-state index contributed by atoms with van der Waals surface area (Å²) in [5.74, 6) is 0.311. The SMILES string of the molecule is CCOC(=O)N1CCN(C(=O)CSc2ccc(-c3sc(-c4ccccc4)nc3C)nn2)CC1. The van der Waals surface area contributed by atoms with Crippen molar-refractivity contribution in [1.82, 2.24) is 25.0 Å².